The van der Waals surface area contributed by atoms with Crippen LogP contribution in [-0.4, -0.2) is 8.32 Å². The Morgan fingerprint density at radius 1 is 0.957 bits per heavy atom. The molecule has 0 saturated carbocycles. The molecule has 0 aliphatic carbocycles. The van der Waals surface area contributed by atoms with Crippen molar-refractivity contribution in [1.82, 2.24) is 0 Å². The topological polar surface area (TPSA) is 18.5 Å². The van der Waals surface area contributed by atoms with Gasteiger partial charge >= 0.3 is 0 Å². The predicted octanol–water partition coefficient (Wildman–Crippen LogP) is 6.41. The standard InChI is InChI=1S/C19H25BrO2Si/c1-19(2,3)23(4,5)22-18-13-16(20)11-12-17(18)21-14-15-9-7-6-8-10-15/h6-13H,14H2,1-5H3. The Hall–Kier alpha value is -1.26. The lowest BCUT2D eigenvalue weighted by Gasteiger charge is -2.36. The number of halogens is 1. The zero-order valence-electron chi connectivity index (χ0n) is 14.5. The molecular formula is C19H25BrO2Si. The predicted molar refractivity (Wildman–Crippen MR) is 103 cm³/mol. The lowest BCUT2D eigenvalue weighted by atomic mass is 10.2. The van der Waals surface area contributed by atoms with E-state index in [9.17, 15) is 0 Å². The van der Waals surface area contributed by atoms with E-state index in [1.54, 1.807) is 0 Å². The van der Waals surface area contributed by atoms with Crippen LogP contribution >= 0.6 is 15.9 Å². The average molecular weight is 393 g/mol. The van der Waals surface area contributed by atoms with Crippen LogP contribution in [0.2, 0.25) is 18.1 Å². The summed E-state index contributed by atoms with van der Waals surface area (Å²) in [4.78, 5) is 0. The first-order valence-corrected chi connectivity index (χ1v) is 11.5. The minimum atomic E-state index is -1.91. The number of hydrogen-bond acceptors (Lipinski definition) is 2. The summed E-state index contributed by atoms with van der Waals surface area (Å²) >= 11 is 3.53. The molecule has 23 heavy (non-hydrogen) atoms. The van der Waals surface area contributed by atoms with Crippen LogP contribution < -0.4 is 9.16 Å². The summed E-state index contributed by atoms with van der Waals surface area (Å²) in [5.41, 5.74) is 1.15. The largest absolute Gasteiger partial charge is 0.541 e. The smallest absolute Gasteiger partial charge is 0.250 e. The molecule has 0 fully saturated rings. The van der Waals surface area contributed by atoms with E-state index in [1.807, 2.05) is 36.4 Å². The summed E-state index contributed by atoms with van der Waals surface area (Å²) in [6, 6.07) is 16.1. The molecule has 0 aliphatic heterocycles. The van der Waals surface area contributed by atoms with E-state index in [0.29, 0.717) is 6.61 Å². The number of ether oxygens (including phenoxy) is 1. The van der Waals surface area contributed by atoms with E-state index < -0.39 is 8.32 Å². The van der Waals surface area contributed by atoms with Crippen molar-refractivity contribution in [2.45, 2.75) is 45.5 Å². The summed E-state index contributed by atoms with van der Waals surface area (Å²) in [5, 5.41) is 0.145. The quantitative estimate of drug-likeness (QED) is 0.546. The highest BCUT2D eigenvalue weighted by Crippen LogP contribution is 2.41. The Kier molecular flexibility index (Phi) is 5.58. The maximum Gasteiger partial charge on any atom is 0.250 e. The van der Waals surface area contributed by atoms with Crippen molar-refractivity contribution in [1.29, 1.82) is 0 Å². The van der Waals surface area contributed by atoms with Crippen LogP contribution in [-0.2, 0) is 6.61 Å². The molecule has 0 bridgehead atoms. The first-order chi connectivity index (χ1) is 10.7. The van der Waals surface area contributed by atoms with Crippen LogP contribution in [0.3, 0.4) is 0 Å². The van der Waals surface area contributed by atoms with Crippen molar-refractivity contribution in [3.8, 4) is 11.5 Å². The van der Waals surface area contributed by atoms with Gasteiger partial charge in [0, 0.05) is 4.47 Å². The van der Waals surface area contributed by atoms with Gasteiger partial charge in [-0.1, -0.05) is 67.0 Å². The first kappa shape index (κ1) is 18.1. The molecule has 2 aromatic carbocycles. The highest BCUT2D eigenvalue weighted by molar-refractivity contribution is 9.10. The van der Waals surface area contributed by atoms with Gasteiger partial charge in [-0.05, 0) is 41.9 Å². The third-order valence-electron chi connectivity index (χ3n) is 4.31. The molecule has 0 aliphatic rings. The number of benzene rings is 2. The maximum atomic E-state index is 6.45. The first-order valence-electron chi connectivity index (χ1n) is 7.84. The summed E-state index contributed by atoms with van der Waals surface area (Å²) in [5.74, 6) is 1.61. The minimum absolute atomic E-state index is 0.145. The molecule has 0 amide bonds. The van der Waals surface area contributed by atoms with E-state index in [0.717, 1.165) is 21.5 Å². The molecule has 0 spiro atoms. The van der Waals surface area contributed by atoms with Crippen molar-refractivity contribution in [3.05, 3.63) is 58.6 Å². The van der Waals surface area contributed by atoms with E-state index in [4.69, 9.17) is 9.16 Å². The van der Waals surface area contributed by atoms with Crippen LogP contribution in [0.15, 0.2) is 53.0 Å². The van der Waals surface area contributed by atoms with Gasteiger partial charge in [0.1, 0.15) is 12.4 Å². The van der Waals surface area contributed by atoms with Crippen molar-refractivity contribution in [3.63, 3.8) is 0 Å². The lowest BCUT2D eigenvalue weighted by Crippen LogP contribution is -2.43. The van der Waals surface area contributed by atoms with Crippen LogP contribution in [0.4, 0.5) is 0 Å². The summed E-state index contributed by atoms with van der Waals surface area (Å²) in [6.45, 7) is 11.7. The number of hydrogen-bond donors (Lipinski definition) is 0. The Morgan fingerprint density at radius 2 is 1.61 bits per heavy atom. The second kappa shape index (κ2) is 7.10. The second-order valence-electron chi connectivity index (χ2n) is 7.23. The Morgan fingerprint density at radius 3 is 2.22 bits per heavy atom. The summed E-state index contributed by atoms with van der Waals surface area (Å²) in [6.07, 6.45) is 0. The van der Waals surface area contributed by atoms with Gasteiger partial charge in [0.05, 0.1) is 0 Å². The van der Waals surface area contributed by atoms with E-state index in [-0.39, 0.29) is 5.04 Å². The van der Waals surface area contributed by atoms with Gasteiger partial charge in [-0.15, -0.1) is 0 Å². The second-order valence-corrected chi connectivity index (χ2v) is 12.9. The fraction of sp³-hybridized carbons (Fsp3) is 0.368. The van der Waals surface area contributed by atoms with Crippen LogP contribution in [0.1, 0.15) is 26.3 Å². The van der Waals surface area contributed by atoms with Gasteiger partial charge in [0.25, 0.3) is 8.32 Å². The Balaban J connectivity index is 2.20. The third kappa shape index (κ3) is 4.85. The highest BCUT2D eigenvalue weighted by atomic mass is 79.9. The molecule has 0 N–H and O–H groups in total. The van der Waals surface area contributed by atoms with E-state index in [1.165, 1.54) is 0 Å². The molecule has 2 rings (SSSR count). The van der Waals surface area contributed by atoms with Gasteiger partial charge < -0.3 is 9.16 Å². The molecule has 0 unspecified atom stereocenters. The molecule has 0 heterocycles. The van der Waals surface area contributed by atoms with Gasteiger partial charge in [-0.3, -0.25) is 0 Å². The third-order valence-corrected chi connectivity index (χ3v) is 9.15. The highest BCUT2D eigenvalue weighted by Gasteiger charge is 2.39. The van der Waals surface area contributed by atoms with Crippen molar-refractivity contribution >= 4 is 24.2 Å². The molecule has 0 radical (unpaired) electrons. The lowest BCUT2D eigenvalue weighted by molar-refractivity contribution is 0.294. The monoisotopic (exact) mass is 392 g/mol. The van der Waals surface area contributed by atoms with E-state index in [2.05, 4.69) is 61.9 Å². The average Bonchev–Trinajstić information content (AvgIpc) is 2.46. The fourth-order valence-electron chi connectivity index (χ4n) is 1.84. The molecule has 124 valence electrons. The zero-order chi connectivity index (χ0) is 17.1. The SMILES string of the molecule is CC(C)(C)[Si](C)(C)Oc1cc(Br)ccc1OCc1ccccc1. The van der Waals surface area contributed by atoms with Gasteiger partial charge in [-0.2, -0.15) is 0 Å². The summed E-state index contributed by atoms with van der Waals surface area (Å²) < 4.78 is 13.5. The Bertz CT molecular complexity index is 648. The van der Waals surface area contributed by atoms with Crippen molar-refractivity contribution < 1.29 is 9.16 Å². The summed E-state index contributed by atoms with van der Waals surface area (Å²) in [7, 11) is -1.91. The zero-order valence-corrected chi connectivity index (χ0v) is 17.1. The molecule has 4 heteroatoms. The molecule has 0 aromatic heterocycles. The Labute approximate surface area is 149 Å². The molecule has 0 saturated heterocycles. The van der Waals surface area contributed by atoms with Crippen LogP contribution in [0.25, 0.3) is 0 Å². The fourth-order valence-corrected chi connectivity index (χ4v) is 3.20. The van der Waals surface area contributed by atoms with Crippen LogP contribution in [0.5, 0.6) is 11.5 Å². The molecule has 2 nitrogen and oxygen atoms in total. The molecule has 0 atom stereocenters. The van der Waals surface area contributed by atoms with Crippen LogP contribution in [0, 0.1) is 0 Å². The number of rotatable bonds is 5. The molecule has 2 aromatic rings. The van der Waals surface area contributed by atoms with Crippen molar-refractivity contribution in [2.75, 3.05) is 0 Å². The van der Waals surface area contributed by atoms with Crippen molar-refractivity contribution in [2.24, 2.45) is 0 Å². The molecular weight excluding hydrogens is 368 g/mol. The normalized spacial score (nSPS) is 12.1. The van der Waals surface area contributed by atoms with E-state index >= 15 is 0 Å². The van der Waals surface area contributed by atoms with Gasteiger partial charge in [-0.25, -0.2) is 0 Å². The van der Waals surface area contributed by atoms with Gasteiger partial charge in [0.2, 0.25) is 0 Å². The van der Waals surface area contributed by atoms with Gasteiger partial charge in [0.15, 0.2) is 5.75 Å². The maximum absolute atomic E-state index is 6.45. The minimum Gasteiger partial charge on any atom is -0.541 e.